The smallest absolute Gasteiger partial charge is 0.481 e. The first-order valence-corrected chi connectivity index (χ1v) is 26.8. The van der Waals surface area contributed by atoms with Crippen molar-refractivity contribution in [1.82, 2.24) is 39.9 Å². The molecular weight excluding hydrogens is 1390 g/mol. The first-order valence-electron chi connectivity index (χ1n) is 24.3. The molecule has 0 aliphatic heterocycles. The van der Waals surface area contributed by atoms with Gasteiger partial charge in [0.15, 0.2) is 0 Å². The van der Waals surface area contributed by atoms with Crippen LogP contribution < -0.4 is 73.8 Å². The number of H-pyrrole nitrogens is 3. The Bertz CT molecular complexity index is 3960. The van der Waals surface area contributed by atoms with E-state index in [9.17, 15) is 45.3 Å². The van der Waals surface area contributed by atoms with Crippen LogP contribution in [0.2, 0.25) is 5.15 Å². The number of hydrogen-bond acceptors (Lipinski definition) is 12. The number of carboxylic acids is 2. The summed E-state index contributed by atoms with van der Waals surface area (Å²) >= 11 is 9.67. The molecule has 0 aliphatic rings. The molecule has 5 aromatic carbocycles. The third kappa shape index (κ3) is 23.5. The summed E-state index contributed by atoms with van der Waals surface area (Å²) in [4.78, 5) is 82.4. The van der Waals surface area contributed by atoms with Crippen molar-refractivity contribution in [3.63, 3.8) is 0 Å². The Morgan fingerprint density at radius 1 is 0.682 bits per heavy atom. The maximum absolute atomic E-state index is 12.5. The number of nitrogens with zero attached hydrogens (tertiary/aromatic N) is 5. The molecule has 85 heavy (non-hydrogen) atoms. The molecule has 0 saturated carbocycles. The van der Waals surface area contributed by atoms with Crippen molar-refractivity contribution >= 4 is 137 Å². The summed E-state index contributed by atoms with van der Waals surface area (Å²) in [5, 5.41) is 25.7. The Morgan fingerprint density at radius 3 is 1.42 bits per heavy atom. The molecule has 0 spiro atoms. The number of benzene rings is 5. The minimum Gasteiger partial charge on any atom is -0.481 e. The number of nitrogens with two attached hydrogens (primary N) is 1. The first-order chi connectivity index (χ1) is 38.9. The number of carbonyl (C=O) groups is 2. The maximum atomic E-state index is 12.5. The molecule has 448 valence electrons. The molecule has 4 aromatic heterocycles. The molecule has 8 N–H and O–H groups in total. The molecule has 0 aliphatic carbocycles. The fourth-order valence-electron chi connectivity index (χ4n) is 7.41. The van der Waals surface area contributed by atoms with E-state index in [0.29, 0.717) is 21.3 Å². The second-order valence-electron chi connectivity index (χ2n) is 16.9. The van der Waals surface area contributed by atoms with E-state index in [4.69, 9.17) is 37.8 Å². The predicted molar refractivity (Wildman–Crippen MR) is 341 cm³/mol. The summed E-state index contributed by atoms with van der Waals surface area (Å²) in [6.45, 7) is 16.3. The van der Waals surface area contributed by atoms with Crippen LogP contribution in [-0.2, 0) is 23.8 Å². The Balaban J connectivity index is 0.000000980. The molecule has 0 unspecified atom stereocenters. The van der Waals surface area contributed by atoms with Gasteiger partial charge in [0.1, 0.15) is 11.5 Å². The molecule has 17 nitrogen and oxygen atoms in total. The number of fused-ring (bicyclic) bond motifs is 4. The largest absolute Gasteiger partial charge is 1.00 e. The van der Waals surface area contributed by atoms with Crippen molar-refractivity contribution < 1.29 is 97.3 Å². The Kier molecular flexibility index (Phi) is 34.6. The molecule has 0 fully saturated rings. The van der Waals surface area contributed by atoms with Gasteiger partial charge in [-0.05, 0) is 180 Å². The number of carboxylic acid groups (broad SMARTS) is 2. The van der Waals surface area contributed by atoms with E-state index in [0.717, 1.165) is 85.2 Å². The van der Waals surface area contributed by atoms with Crippen molar-refractivity contribution in [3.05, 3.63) is 199 Å². The van der Waals surface area contributed by atoms with Gasteiger partial charge in [0, 0.05) is 25.1 Å². The Morgan fingerprint density at radius 2 is 1.05 bits per heavy atom. The molecule has 28 heteroatoms. The van der Waals surface area contributed by atoms with E-state index in [1.54, 1.807) is 13.0 Å². The van der Waals surface area contributed by atoms with E-state index < -0.39 is 41.9 Å². The monoisotopic (exact) mass is 1450 g/mol. The molecule has 0 saturated heterocycles. The number of rotatable bonds is 5. The third-order valence-electron chi connectivity index (χ3n) is 11.4. The van der Waals surface area contributed by atoms with Crippen LogP contribution in [0, 0.1) is 40.2 Å². The summed E-state index contributed by atoms with van der Waals surface area (Å²) < 4.78 is 70.7. The van der Waals surface area contributed by atoms with Crippen LogP contribution in [0.3, 0.4) is 0 Å². The average Bonchev–Trinajstić information content (AvgIpc) is 3.55. The van der Waals surface area contributed by atoms with Crippen molar-refractivity contribution in [1.29, 1.82) is 5.41 Å². The van der Waals surface area contributed by atoms with E-state index in [-0.39, 0.29) is 85.0 Å². The van der Waals surface area contributed by atoms with Crippen molar-refractivity contribution in [3.8, 4) is 0 Å². The van der Waals surface area contributed by atoms with Gasteiger partial charge in [0.25, 0.3) is 22.6 Å². The second-order valence-corrected chi connectivity index (χ2v) is 19.5. The number of alkyl halides is 3. The van der Waals surface area contributed by atoms with Crippen LogP contribution in [0.25, 0.3) is 49.7 Å². The van der Waals surface area contributed by atoms with Crippen molar-refractivity contribution in [2.75, 3.05) is 5.73 Å². The minimum atomic E-state index is -4.72. The maximum Gasteiger partial charge on any atom is 1.00 e. The summed E-state index contributed by atoms with van der Waals surface area (Å²) in [6, 6.07) is 17.9. The standard InChI is InChI=1S/C11H11ClN2.C11H12N2O.C11H10N2O.C9H7IN2O.C8H5F3INO2.C2H3BF3.C2H5N.C2H4O2.CH4.K/c1-3-8-4-5-9-10(7(8)2)11(12)14-6-13-9;2*1-3-8-4-5-9-10(7(8)2)11(14)13-6-12-9;1-5-6(10)2-3-7-8(5)9(13)12-4-11-7;9-8(10,11)6-3(12)1-2-4(13)5(6)7(14)15;1-2-3(4,5)6;1-2-3;1-2(3)4;;/h4-6H,3H2,1-2H3;4-6H,3H2,1-2H3,(H,12,13,14);3-6H,1H2,2H3,(H,12,13,14);2-4H,1H3,(H,11,12,13);1-2H,13H2,(H,14,15);2H,1H2;2-3H,1H3;1H3,(H,3,4);1H4;/q;;;;;-1;;;;+1. The van der Waals surface area contributed by atoms with Gasteiger partial charge in [0.05, 0.1) is 68.3 Å². The number of hydrogen-bond donors (Lipinski definition) is 7. The second kappa shape index (κ2) is 37.4. The van der Waals surface area contributed by atoms with Gasteiger partial charge < -0.3 is 49.3 Å². The zero-order valence-corrected chi connectivity index (χ0v) is 55.1. The molecule has 4 heterocycles. The molecular formula is C57H61BClF6I2KN10O7. The molecule has 0 amide bonds. The number of nitrogens with one attached hydrogen (secondary N) is 4. The molecule has 0 radical (unpaired) electrons. The molecule has 0 atom stereocenters. The van der Waals surface area contributed by atoms with Gasteiger partial charge in [-0.3, -0.25) is 19.2 Å². The van der Waals surface area contributed by atoms with Gasteiger partial charge in [-0.2, -0.15) is 19.1 Å². The number of aryl methyl sites for hydroxylation is 6. The number of aliphatic carboxylic acids is 1. The van der Waals surface area contributed by atoms with E-state index in [1.165, 1.54) is 70.8 Å². The Hall–Kier alpha value is -6.22. The summed E-state index contributed by atoms with van der Waals surface area (Å²) in [5.74, 6) is -2.52. The zero-order chi connectivity index (χ0) is 63.1. The number of nitrogen functional groups attached to an aromatic ring is 1. The number of aromatic carboxylic acids is 1. The third-order valence-corrected chi connectivity index (χ3v) is 13.7. The number of aromatic amines is 3. The van der Waals surface area contributed by atoms with Gasteiger partial charge in [0.2, 0.25) is 0 Å². The van der Waals surface area contributed by atoms with Crippen LogP contribution in [0.4, 0.5) is 31.8 Å². The summed E-state index contributed by atoms with van der Waals surface area (Å²) in [5.41, 5.74) is 13.3. The number of aromatic nitrogens is 8. The van der Waals surface area contributed by atoms with Crippen LogP contribution >= 0.6 is 56.8 Å². The zero-order valence-electron chi connectivity index (χ0n) is 46.9. The number of halogens is 9. The number of anilines is 1. The van der Waals surface area contributed by atoms with E-state index in [1.807, 2.05) is 63.2 Å². The van der Waals surface area contributed by atoms with Crippen molar-refractivity contribution in [2.45, 2.75) is 81.8 Å². The van der Waals surface area contributed by atoms with Crippen LogP contribution in [0.5, 0.6) is 0 Å². The van der Waals surface area contributed by atoms with Gasteiger partial charge >= 0.3 is 70.5 Å². The van der Waals surface area contributed by atoms with E-state index >= 15 is 0 Å². The predicted octanol–water partition coefficient (Wildman–Crippen LogP) is 11.2. The average molecular weight is 1450 g/mol. The topological polar surface area (TPSA) is 288 Å². The molecule has 0 bridgehead atoms. The SMILES string of the molecule is C.C=C[B-](F)(F)F.C=Cc1ccc2nc[nH]c(=O)c2c1C.CC(=O)O.CC=N.CCc1ccc2nc[nH]c(=O)c2c1C.CCc1ccc2ncnc(Cl)c2c1C.Cc1c(I)ccc2nc[nH]c(=O)c12.Nc1ccc(I)c(C(F)(F)F)c1C(=O)O.[K+]. The normalized spacial score (nSPS) is 10.1. The fourth-order valence-corrected chi connectivity index (χ4v) is 8.90. The van der Waals surface area contributed by atoms with Gasteiger partial charge in [-0.15, -0.1) is 6.58 Å². The minimum absolute atomic E-state index is 0. The Labute approximate surface area is 560 Å². The molecule has 9 rings (SSSR count). The van der Waals surface area contributed by atoms with Gasteiger partial charge in [-0.25, -0.2) is 29.7 Å². The van der Waals surface area contributed by atoms with Gasteiger partial charge in [-0.1, -0.05) is 63.7 Å². The fraction of sp³-hybridized carbons (Fsp3) is 0.211. The quantitative estimate of drug-likeness (QED) is 0.0211. The van der Waals surface area contributed by atoms with Crippen LogP contribution in [-0.4, -0.2) is 75.2 Å². The van der Waals surface area contributed by atoms with E-state index in [2.05, 4.69) is 102 Å². The van der Waals surface area contributed by atoms with Crippen LogP contribution in [0.1, 0.15) is 90.0 Å². The van der Waals surface area contributed by atoms with Crippen molar-refractivity contribution in [2.24, 2.45) is 0 Å². The van der Waals surface area contributed by atoms with Crippen LogP contribution in [0.15, 0.2) is 119 Å². The first kappa shape index (κ1) is 78.8. The summed E-state index contributed by atoms with van der Waals surface area (Å²) in [7, 11) is 0. The molecule has 9 aromatic rings. The summed E-state index contributed by atoms with van der Waals surface area (Å²) in [6.07, 6.45) is 5.99.